The molecule has 118 valence electrons. The van der Waals surface area contributed by atoms with Crippen molar-refractivity contribution in [2.45, 2.75) is 38.3 Å². The van der Waals surface area contributed by atoms with Gasteiger partial charge in [-0.2, -0.15) is 0 Å². The van der Waals surface area contributed by atoms with E-state index in [-0.39, 0.29) is 5.82 Å². The second-order valence-electron chi connectivity index (χ2n) is 6.17. The fourth-order valence-electron chi connectivity index (χ4n) is 3.02. The summed E-state index contributed by atoms with van der Waals surface area (Å²) in [6, 6.07) is 5.57. The lowest BCUT2D eigenvalue weighted by Gasteiger charge is -2.36. The topological polar surface area (TPSA) is 15.7 Å². The number of ether oxygens (including phenoxy) is 1. The van der Waals surface area contributed by atoms with Crippen LogP contribution in [-0.2, 0) is 6.54 Å². The maximum Gasteiger partial charge on any atom is 0.127 e. The average molecular weight is 294 g/mol. The third-order valence-electron chi connectivity index (χ3n) is 4.28. The molecule has 1 aromatic rings. The van der Waals surface area contributed by atoms with Gasteiger partial charge >= 0.3 is 0 Å². The Morgan fingerprint density at radius 3 is 2.86 bits per heavy atom. The fourth-order valence-corrected chi connectivity index (χ4v) is 3.02. The van der Waals surface area contributed by atoms with Gasteiger partial charge in [0.05, 0.1) is 7.11 Å². The molecule has 0 aromatic heterocycles. The van der Waals surface area contributed by atoms with Gasteiger partial charge in [0.2, 0.25) is 0 Å². The third kappa shape index (κ3) is 4.68. The summed E-state index contributed by atoms with van der Waals surface area (Å²) in [4.78, 5) is 4.66. The summed E-state index contributed by atoms with van der Waals surface area (Å²) in [7, 11) is 5.83. The Kier molecular flexibility index (Phi) is 6.00. The first-order valence-corrected chi connectivity index (χ1v) is 7.81. The maximum atomic E-state index is 14.0. The molecule has 0 aliphatic carbocycles. The second kappa shape index (κ2) is 7.76. The fraction of sp³-hybridized carbons (Fsp3) is 0.647. The zero-order chi connectivity index (χ0) is 15.2. The van der Waals surface area contributed by atoms with Crippen LogP contribution >= 0.6 is 0 Å². The Hall–Kier alpha value is -1.13. The molecule has 0 spiro atoms. The number of likely N-dealkylation sites (tertiary alicyclic amines) is 1. The highest BCUT2D eigenvalue weighted by atomic mass is 19.1. The van der Waals surface area contributed by atoms with Crippen LogP contribution in [0.2, 0.25) is 0 Å². The quantitative estimate of drug-likeness (QED) is 0.801. The van der Waals surface area contributed by atoms with E-state index < -0.39 is 0 Å². The van der Waals surface area contributed by atoms with Gasteiger partial charge in [0, 0.05) is 18.2 Å². The Morgan fingerprint density at radius 2 is 2.14 bits per heavy atom. The van der Waals surface area contributed by atoms with Crippen molar-refractivity contribution in [2.75, 3.05) is 34.3 Å². The summed E-state index contributed by atoms with van der Waals surface area (Å²) in [6.07, 6.45) is 4.87. The van der Waals surface area contributed by atoms with E-state index in [1.54, 1.807) is 13.2 Å². The van der Waals surface area contributed by atoms with Gasteiger partial charge in [-0.3, -0.25) is 4.90 Å². The molecular weight excluding hydrogens is 267 g/mol. The van der Waals surface area contributed by atoms with E-state index in [9.17, 15) is 4.39 Å². The summed E-state index contributed by atoms with van der Waals surface area (Å²) in [5.41, 5.74) is 0.742. The van der Waals surface area contributed by atoms with Gasteiger partial charge in [-0.25, -0.2) is 4.39 Å². The SMILES string of the molecule is COc1ccc(F)c(CN2CCCCC2CCN(C)C)c1. The Labute approximate surface area is 127 Å². The van der Waals surface area contributed by atoms with E-state index in [1.807, 2.05) is 6.07 Å². The molecule has 2 rings (SSSR count). The van der Waals surface area contributed by atoms with Gasteiger partial charge in [0.15, 0.2) is 0 Å². The molecule has 21 heavy (non-hydrogen) atoms. The predicted octanol–water partition coefficient (Wildman–Crippen LogP) is 3.14. The molecule has 1 aromatic carbocycles. The van der Waals surface area contributed by atoms with E-state index in [4.69, 9.17) is 4.74 Å². The molecule has 3 nitrogen and oxygen atoms in total. The molecule has 1 saturated heterocycles. The van der Waals surface area contributed by atoms with E-state index >= 15 is 0 Å². The molecular formula is C17H27FN2O. The van der Waals surface area contributed by atoms with Crippen LogP contribution in [0, 0.1) is 5.82 Å². The molecule has 1 fully saturated rings. The van der Waals surface area contributed by atoms with Crippen molar-refractivity contribution in [3.05, 3.63) is 29.6 Å². The predicted molar refractivity (Wildman–Crippen MR) is 84.2 cm³/mol. The molecule has 1 heterocycles. The minimum Gasteiger partial charge on any atom is -0.497 e. The molecule has 0 N–H and O–H groups in total. The maximum absolute atomic E-state index is 14.0. The van der Waals surface area contributed by atoms with Gasteiger partial charge < -0.3 is 9.64 Å². The lowest BCUT2D eigenvalue weighted by molar-refractivity contribution is 0.123. The van der Waals surface area contributed by atoms with Crippen LogP contribution in [0.3, 0.4) is 0 Å². The van der Waals surface area contributed by atoms with Crippen molar-refractivity contribution >= 4 is 0 Å². The summed E-state index contributed by atoms with van der Waals surface area (Å²) < 4.78 is 19.2. The molecule has 1 aliphatic rings. The average Bonchev–Trinajstić information content (AvgIpc) is 2.48. The van der Waals surface area contributed by atoms with Crippen molar-refractivity contribution < 1.29 is 9.13 Å². The van der Waals surface area contributed by atoms with Crippen LogP contribution in [0.25, 0.3) is 0 Å². The molecule has 0 radical (unpaired) electrons. The van der Waals surface area contributed by atoms with Gasteiger partial charge in [-0.15, -0.1) is 0 Å². The van der Waals surface area contributed by atoms with E-state index in [1.165, 1.54) is 25.3 Å². The Bertz CT molecular complexity index is 450. The van der Waals surface area contributed by atoms with Crippen LogP contribution in [0.1, 0.15) is 31.2 Å². The first-order chi connectivity index (χ1) is 10.1. The first kappa shape index (κ1) is 16.2. The van der Waals surface area contributed by atoms with Crippen molar-refractivity contribution in [1.29, 1.82) is 0 Å². The molecule has 1 unspecified atom stereocenters. The van der Waals surface area contributed by atoms with Crippen molar-refractivity contribution in [1.82, 2.24) is 9.80 Å². The van der Waals surface area contributed by atoms with Gasteiger partial charge in [0.25, 0.3) is 0 Å². The molecule has 0 saturated carbocycles. The van der Waals surface area contributed by atoms with Crippen LogP contribution in [0.4, 0.5) is 4.39 Å². The number of halogens is 1. The Morgan fingerprint density at radius 1 is 1.33 bits per heavy atom. The number of rotatable bonds is 6. The minimum atomic E-state index is -0.132. The van der Waals surface area contributed by atoms with E-state index in [0.29, 0.717) is 12.6 Å². The zero-order valence-corrected chi connectivity index (χ0v) is 13.4. The largest absolute Gasteiger partial charge is 0.497 e. The molecule has 0 amide bonds. The Balaban J connectivity index is 2.04. The monoisotopic (exact) mass is 294 g/mol. The number of piperidine rings is 1. The van der Waals surface area contributed by atoms with Gasteiger partial charge in [-0.05, 0) is 64.6 Å². The van der Waals surface area contributed by atoms with Gasteiger partial charge in [-0.1, -0.05) is 6.42 Å². The normalized spacial score (nSPS) is 20.0. The number of hydrogen-bond donors (Lipinski definition) is 0. The highest BCUT2D eigenvalue weighted by Gasteiger charge is 2.23. The van der Waals surface area contributed by atoms with E-state index in [2.05, 4.69) is 23.9 Å². The number of benzene rings is 1. The summed E-state index contributed by atoms with van der Waals surface area (Å²) in [6.45, 7) is 2.83. The highest BCUT2D eigenvalue weighted by Crippen LogP contribution is 2.24. The van der Waals surface area contributed by atoms with Crippen LogP contribution < -0.4 is 4.74 Å². The third-order valence-corrected chi connectivity index (χ3v) is 4.28. The molecule has 4 heteroatoms. The van der Waals surface area contributed by atoms with Crippen LogP contribution in [-0.4, -0.2) is 50.1 Å². The van der Waals surface area contributed by atoms with Crippen molar-refractivity contribution in [3.8, 4) is 5.75 Å². The number of nitrogens with zero attached hydrogens (tertiary/aromatic N) is 2. The highest BCUT2D eigenvalue weighted by molar-refractivity contribution is 5.29. The first-order valence-electron chi connectivity index (χ1n) is 7.81. The molecule has 0 bridgehead atoms. The lowest BCUT2D eigenvalue weighted by Crippen LogP contribution is -2.40. The van der Waals surface area contributed by atoms with E-state index in [0.717, 1.165) is 30.8 Å². The van der Waals surface area contributed by atoms with Crippen LogP contribution in [0.5, 0.6) is 5.75 Å². The zero-order valence-electron chi connectivity index (χ0n) is 13.4. The number of hydrogen-bond acceptors (Lipinski definition) is 3. The second-order valence-corrected chi connectivity index (χ2v) is 6.17. The summed E-state index contributed by atoms with van der Waals surface area (Å²) in [5.74, 6) is 0.598. The lowest BCUT2D eigenvalue weighted by atomic mass is 9.98. The van der Waals surface area contributed by atoms with Gasteiger partial charge in [0.1, 0.15) is 11.6 Å². The number of methoxy groups -OCH3 is 1. The van der Waals surface area contributed by atoms with Crippen molar-refractivity contribution in [2.24, 2.45) is 0 Å². The van der Waals surface area contributed by atoms with Crippen molar-refractivity contribution in [3.63, 3.8) is 0 Å². The van der Waals surface area contributed by atoms with Crippen LogP contribution in [0.15, 0.2) is 18.2 Å². The smallest absolute Gasteiger partial charge is 0.127 e. The standard InChI is InChI=1S/C17H27FN2O/c1-19(2)11-9-15-6-4-5-10-20(15)13-14-12-16(21-3)7-8-17(14)18/h7-8,12,15H,4-6,9-11,13H2,1-3H3. The summed E-state index contributed by atoms with van der Waals surface area (Å²) >= 11 is 0. The molecule has 1 aliphatic heterocycles. The minimum absolute atomic E-state index is 0.132. The summed E-state index contributed by atoms with van der Waals surface area (Å²) in [5, 5.41) is 0. The molecule has 1 atom stereocenters.